The normalized spacial score (nSPS) is 15.6. The summed E-state index contributed by atoms with van der Waals surface area (Å²) in [5.41, 5.74) is 3.48. The third-order valence-corrected chi connectivity index (χ3v) is 8.48. The third-order valence-electron chi connectivity index (χ3n) is 8.48. The van der Waals surface area contributed by atoms with Crippen LogP contribution in [0.4, 0.5) is 5.69 Å². The Morgan fingerprint density at radius 1 is 0.935 bits per heavy atom. The highest BCUT2D eigenvalue weighted by Crippen LogP contribution is 2.31. The van der Waals surface area contributed by atoms with E-state index in [4.69, 9.17) is 9.25 Å². The molecular weight excluding hydrogens is 580 g/mol. The lowest BCUT2D eigenvalue weighted by molar-refractivity contribution is -0.119. The number of oxime groups is 1. The molecule has 1 N–H and O–H groups in total. The zero-order valence-corrected chi connectivity index (χ0v) is 26.2. The fourth-order valence-electron chi connectivity index (χ4n) is 6.14. The van der Waals surface area contributed by atoms with Gasteiger partial charge in [0.1, 0.15) is 24.0 Å². The van der Waals surface area contributed by atoms with Crippen molar-refractivity contribution in [2.75, 3.05) is 11.9 Å². The van der Waals surface area contributed by atoms with Gasteiger partial charge in [-0.1, -0.05) is 73.5 Å². The molecule has 0 radical (unpaired) electrons. The average Bonchev–Trinajstić information content (AvgIpc) is 3.64. The molecule has 1 saturated heterocycles. The maximum absolute atomic E-state index is 13.8. The first-order valence-corrected chi connectivity index (χ1v) is 15.9. The van der Waals surface area contributed by atoms with Crippen LogP contribution in [0.1, 0.15) is 61.2 Å². The minimum Gasteiger partial charge on any atom is -0.427 e. The van der Waals surface area contributed by atoms with Gasteiger partial charge in [-0.05, 0) is 55.3 Å². The number of para-hydroxylation sites is 1. The Balaban J connectivity index is 1.26. The number of unbranched alkanes of at least 4 members (excludes halogenated alkanes) is 2. The standard InChI is InChI=1S/C37H38N4O5/c1-3-5-7-14-28-18-19-30(37(44)46-28)36(43)41-23-27(39-45-24-25-12-8-6-9-13-25)22-34(41)35(42)38-26-17-20-33-31(21-26)29-15-10-11-16-32(29)40(33)4-2/h6,8-13,15-21,34H,3-5,7,14,22-24H2,1-2H3,(H,38,42)/t34-/m0/s1. The van der Waals surface area contributed by atoms with E-state index in [2.05, 4.69) is 41.0 Å². The van der Waals surface area contributed by atoms with E-state index in [1.54, 1.807) is 6.07 Å². The van der Waals surface area contributed by atoms with Gasteiger partial charge in [0.05, 0.1) is 12.3 Å². The van der Waals surface area contributed by atoms with Crippen LogP contribution in [0.3, 0.4) is 0 Å². The first kappa shape index (κ1) is 30.8. The number of fused-ring (bicyclic) bond motifs is 3. The van der Waals surface area contributed by atoms with Crippen LogP contribution >= 0.6 is 0 Å². The molecule has 46 heavy (non-hydrogen) atoms. The number of nitrogens with zero attached hydrogens (tertiary/aromatic N) is 3. The van der Waals surface area contributed by atoms with Gasteiger partial charge < -0.3 is 24.0 Å². The maximum Gasteiger partial charge on any atom is 0.348 e. The number of likely N-dealkylation sites (tertiary alicyclic amines) is 1. The highest BCUT2D eigenvalue weighted by Gasteiger charge is 2.39. The van der Waals surface area contributed by atoms with Gasteiger partial charge in [-0.2, -0.15) is 0 Å². The van der Waals surface area contributed by atoms with Crippen LogP contribution in [-0.2, 0) is 29.2 Å². The Hall–Kier alpha value is -5.18. The number of benzene rings is 3. The van der Waals surface area contributed by atoms with Gasteiger partial charge in [0.25, 0.3) is 5.91 Å². The SMILES string of the molecule is CCCCCc1ccc(C(=O)N2CC(=NOCc3ccccc3)C[C@H]2C(=O)Nc2ccc3c(c2)c2ccccc2n3CC)c(=O)o1. The second kappa shape index (κ2) is 13.9. The average molecular weight is 619 g/mol. The van der Waals surface area contributed by atoms with Gasteiger partial charge >= 0.3 is 5.63 Å². The van der Waals surface area contributed by atoms with E-state index in [1.165, 1.54) is 11.0 Å². The first-order valence-electron chi connectivity index (χ1n) is 15.9. The molecule has 1 aliphatic heterocycles. The Morgan fingerprint density at radius 2 is 1.72 bits per heavy atom. The van der Waals surface area contributed by atoms with Crippen molar-refractivity contribution in [2.24, 2.45) is 5.16 Å². The summed E-state index contributed by atoms with van der Waals surface area (Å²) < 4.78 is 7.74. The number of rotatable bonds is 11. The van der Waals surface area contributed by atoms with Crippen LogP contribution in [0.15, 0.2) is 99.3 Å². The largest absolute Gasteiger partial charge is 0.427 e. The topological polar surface area (TPSA) is 106 Å². The zero-order chi connectivity index (χ0) is 32.0. The Bertz CT molecular complexity index is 1960. The van der Waals surface area contributed by atoms with Gasteiger partial charge in [-0.3, -0.25) is 9.59 Å². The van der Waals surface area contributed by atoms with E-state index < -0.39 is 17.6 Å². The minimum atomic E-state index is -0.900. The third kappa shape index (κ3) is 6.44. The van der Waals surface area contributed by atoms with Gasteiger partial charge in [0, 0.05) is 46.9 Å². The molecule has 3 aromatic carbocycles. The van der Waals surface area contributed by atoms with E-state index in [-0.39, 0.29) is 31.0 Å². The molecule has 1 aliphatic rings. The lowest BCUT2D eigenvalue weighted by atomic mass is 10.1. The number of nitrogens with one attached hydrogen (secondary N) is 1. The predicted molar refractivity (Wildman–Crippen MR) is 180 cm³/mol. The highest BCUT2D eigenvalue weighted by atomic mass is 16.6. The van der Waals surface area contributed by atoms with Gasteiger partial charge in [0.15, 0.2) is 0 Å². The summed E-state index contributed by atoms with van der Waals surface area (Å²) in [5, 5.41) is 9.44. The van der Waals surface area contributed by atoms with Crippen molar-refractivity contribution < 1.29 is 18.8 Å². The van der Waals surface area contributed by atoms with E-state index in [0.717, 1.165) is 53.2 Å². The van der Waals surface area contributed by atoms with Crippen molar-refractivity contribution in [2.45, 2.75) is 65.1 Å². The molecular formula is C37H38N4O5. The fourth-order valence-corrected chi connectivity index (χ4v) is 6.14. The lowest BCUT2D eigenvalue weighted by Crippen LogP contribution is -2.44. The molecule has 2 aromatic heterocycles. The molecule has 6 rings (SSSR count). The molecule has 2 amide bonds. The van der Waals surface area contributed by atoms with Crippen molar-refractivity contribution in [3.63, 3.8) is 0 Å². The van der Waals surface area contributed by atoms with Crippen molar-refractivity contribution in [3.8, 4) is 0 Å². The second-order valence-corrected chi connectivity index (χ2v) is 11.6. The van der Waals surface area contributed by atoms with Crippen LogP contribution in [0.2, 0.25) is 0 Å². The Kier molecular flexibility index (Phi) is 9.28. The lowest BCUT2D eigenvalue weighted by Gasteiger charge is -2.23. The second-order valence-electron chi connectivity index (χ2n) is 11.6. The molecule has 1 fully saturated rings. The van der Waals surface area contributed by atoms with Crippen LogP contribution < -0.4 is 10.9 Å². The highest BCUT2D eigenvalue weighted by molar-refractivity contribution is 6.11. The predicted octanol–water partition coefficient (Wildman–Crippen LogP) is 6.93. The molecule has 236 valence electrons. The molecule has 0 bridgehead atoms. The molecule has 0 unspecified atom stereocenters. The molecule has 0 spiro atoms. The van der Waals surface area contributed by atoms with E-state index in [0.29, 0.717) is 23.6 Å². The molecule has 9 heteroatoms. The molecule has 9 nitrogen and oxygen atoms in total. The monoisotopic (exact) mass is 618 g/mol. The summed E-state index contributed by atoms with van der Waals surface area (Å²) in [7, 11) is 0. The number of carbonyl (C=O) groups excluding carboxylic acids is 2. The van der Waals surface area contributed by atoms with E-state index >= 15 is 0 Å². The zero-order valence-electron chi connectivity index (χ0n) is 26.2. The first-order chi connectivity index (χ1) is 22.5. The van der Waals surface area contributed by atoms with Crippen molar-refractivity contribution >= 4 is 45.0 Å². The molecule has 3 heterocycles. The summed E-state index contributed by atoms with van der Waals surface area (Å²) in [6.07, 6.45) is 3.77. The molecule has 1 atom stereocenters. The number of aromatic nitrogens is 1. The van der Waals surface area contributed by atoms with Gasteiger partial charge in [-0.15, -0.1) is 0 Å². The molecule has 5 aromatic rings. The number of hydrogen-bond acceptors (Lipinski definition) is 6. The summed E-state index contributed by atoms with van der Waals surface area (Å²) in [6.45, 7) is 5.33. The van der Waals surface area contributed by atoms with Crippen LogP contribution in [0.5, 0.6) is 0 Å². The van der Waals surface area contributed by atoms with Crippen molar-refractivity contribution in [1.29, 1.82) is 0 Å². The number of aryl methyl sites for hydroxylation is 2. The van der Waals surface area contributed by atoms with Gasteiger partial charge in [-0.25, -0.2) is 4.79 Å². The van der Waals surface area contributed by atoms with Gasteiger partial charge in [0.2, 0.25) is 5.91 Å². The Morgan fingerprint density at radius 3 is 2.50 bits per heavy atom. The van der Waals surface area contributed by atoms with Crippen LogP contribution in [0, 0.1) is 0 Å². The summed E-state index contributed by atoms with van der Waals surface area (Å²) in [5.74, 6) is -0.411. The van der Waals surface area contributed by atoms with Crippen LogP contribution in [0.25, 0.3) is 21.8 Å². The molecule has 0 saturated carbocycles. The quantitative estimate of drug-likeness (QED) is 0.128. The number of carbonyl (C=O) groups is 2. The number of amides is 2. The smallest absolute Gasteiger partial charge is 0.348 e. The summed E-state index contributed by atoms with van der Waals surface area (Å²) >= 11 is 0. The Labute approximate surface area is 267 Å². The van der Waals surface area contributed by atoms with Crippen molar-refractivity contribution in [1.82, 2.24) is 9.47 Å². The van der Waals surface area contributed by atoms with E-state index in [9.17, 15) is 14.4 Å². The van der Waals surface area contributed by atoms with Crippen LogP contribution in [-0.4, -0.2) is 39.6 Å². The number of anilines is 1. The van der Waals surface area contributed by atoms with E-state index in [1.807, 2.05) is 60.7 Å². The molecule has 0 aliphatic carbocycles. The fraction of sp³-hybridized carbons (Fsp3) is 0.297. The maximum atomic E-state index is 13.8. The summed E-state index contributed by atoms with van der Waals surface area (Å²) in [4.78, 5) is 47.6. The van der Waals surface area contributed by atoms with Crippen molar-refractivity contribution in [3.05, 3.63) is 112 Å². The summed E-state index contributed by atoms with van der Waals surface area (Å²) in [6, 6.07) is 25.9. The number of hydrogen-bond donors (Lipinski definition) is 1. The minimum absolute atomic E-state index is 0.0480.